The Morgan fingerprint density at radius 3 is 2.24 bits per heavy atom. The number of ether oxygens (including phenoxy) is 1. The predicted octanol–water partition coefficient (Wildman–Crippen LogP) is 5.88. The maximum absolute atomic E-state index is 13.4. The maximum Gasteiger partial charge on any atom is 0.261 e. The molecule has 1 aliphatic carbocycles. The third-order valence-electron chi connectivity index (χ3n) is 6.44. The minimum Gasteiger partial charge on any atom is -0.484 e. The Morgan fingerprint density at radius 2 is 1.68 bits per heavy atom. The molecule has 0 bridgehead atoms. The van der Waals surface area contributed by atoms with E-state index < -0.39 is 6.04 Å². The molecule has 1 fully saturated rings. The van der Waals surface area contributed by atoms with E-state index in [-0.39, 0.29) is 29.9 Å². The smallest absolute Gasteiger partial charge is 0.261 e. The van der Waals surface area contributed by atoms with Gasteiger partial charge in [-0.2, -0.15) is 0 Å². The molecule has 0 aromatic heterocycles. The van der Waals surface area contributed by atoms with Crippen molar-refractivity contribution in [2.45, 2.75) is 83.8 Å². The van der Waals surface area contributed by atoms with Gasteiger partial charge in [-0.15, -0.1) is 0 Å². The fraction of sp³-hybridized carbons (Fsp3) is 0.500. The summed E-state index contributed by atoms with van der Waals surface area (Å²) in [5.41, 5.74) is 2.16. The number of amides is 2. The Morgan fingerprint density at radius 1 is 1.06 bits per heavy atom. The molecule has 5 nitrogen and oxygen atoms in total. The van der Waals surface area contributed by atoms with Crippen molar-refractivity contribution in [3.63, 3.8) is 0 Å². The third-order valence-corrected chi connectivity index (χ3v) is 6.69. The van der Waals surface area contributed by atoms with E-state index in [9.17, 15) is 9.59 Å². The van der Waals surface area contributed by atoms with Gasteiger partial charge in [-0.25, -0.2) is 0 Å². The summed E-state index contributed by atoms with van der Waals surface area (Å²) in [5, 5.41) is 3.79. The van der Waals surface area contributed by atoms with E-state index in [1.165, 1.54) is 5.56 Å². The van der Waals surface area contributed by atoms with Crippen LogP contribution in [0.1, 0.15) is 70.9 Å². The summed E-state index contributed by atoms with van der Waals surface area (Å²) < 4.78 is 5.84. The highest BCUT2D eigenvalue weighted by Crippen LogP contribution is 2.25. The molecule has 0 unspecified atom stereocenters. The van der Waals surface area contributed by atoms with Crippen LogP contribution >= 0.6 is 11.6 Å². The Balaban J connectivity index is 1.73. The van der Waals surface area contributed by atoms with Crippen LogP contribution in [0.3, 0.4) is 0 Å². The van der Waals surface area contributed by atoms with Gasteiger partial charge < -0.3 is 15.0 Å². The summed E-state index contributed by atoms with van der Waals surface area (Å²) in [6.07, 6.45) is 4.80. The van der Waals surface area contributed by atoms with Gasteiger partial charge in [-0.1, -0.05) is 76.4 Å². The second kappa shape index (κ2) is 11.7. The number of carbonyl (C=O) groups excluding carboxylic acids is 2. The molecule has 184 valence electrons. The molecule has 1 atom stereocenters. The predicted molar refractivity (Wildman–Crippen MR) is 137 cm³/mol. The lowest BCUT2D eigenvalue weighted by Gasteiger charge is -2.31. The van der Waals surface area contributed by atoms with Gasteiger partial charge in [0.25, 0.3) is 5.91 Å². The zero-order valence-electron chi connectivity index (χ0n) is 20.8. The Labute approximate surface area is 208 Å². The Hall–Kier alpha value is -2.53. The topological polar surface area (TPSA) is 58.6 Å². The van der Waals surface area contributed by atoms with Crippen molar-refractivity contribution in [2.24, 2.45) is 0 Å². The van der Waals surface area contributed by atoms with Gasteiger partial charge in [0.2, 0.25) is 5.91 Å². The van der Waals surface area contributed by atoms with E-state index >= 15 is 0 Å². The zero-order chi connectivity index (χ0) is 24.7. The van der Waals surface area contributed by atoms with Crippen LogP contribution in [-0.2, 0) is 21.5 Å². The lowest BCUT2D eigenvalue weighted by atomic mass is 9.87. The standard InChI is InChI=1S/C28H37ClN2O3/c1-5-25(27(33)30-23-8-6-7-9-23)31(18-20-10-14-22(29)15-11-20)26(32)19-34-24-16-12-21(13-17-24)28(2,3)4/h10-17,23,25H,5-9,18-19H2,1-4H3,(H,30,33)/t25-/m0/s1. The summed E-state index contributed by atoms with van der Waals surface area (Å²) in [6, 6.07) is 14.8. The van der Waals surface area contributed by atoms with Crippen molar-refractivity contribution in [3.05, 3.63) is 64.7 Å². The molecule has 1 saturated carbocycles. The monoisotopic (exact) mass is 484 g/mol. The molecule has 6 heteroatoms. The molecule has 2 amide bonds. The average molecular weight is 485 g/mol. The van der Waals surface area contributed by atoms with Crippen molar-refractivity contribution < 1.29 is 14.3 Å². The SMILES string of the molecule is CC[C@@H](C(=O)NC1CCCC1)N(Cc1ccc(Cl)cc1)C(=O)COc1ccc(C(C)(C)C)cc1. The van der Waals surface area contributed by atoms with Gasteiger partial charge >= 0.3 is 0 Å². The molecule has 0 aliphatic heterocycles. The molecule has 0 spiro atoms. The summed E-state index contributed by atoms with van der Waals surface area (Å²) in [7, 11) is 0. The second-order valence-electron chi connectivity index (χ2n) is 10.1. The van der Waals surface area contributed by atoms with E-state index in [0.717, 1.165) is 31.2 Å². The van der Waals surface area contributed by atoms with Crippen molar-refractivity contribution in [2.75, 3.05) is 6.61 Å². The molecule has 1 aliphatic rings. The van der Waals surface area contributed by atoms with Gasteiger partial charge in [-0.05, 0) is 60.1 Å². The molecular formula is C28H37ClN2O3. The number of benzene rings is 2. The van der Waals surface area contributed by atoms with Crippen LogP contribution in [0, 0.1) is 0 Å². The van der Waals surface area contributed by atoms with E-state index in [1.54, 1.807) is 17.0 Å². The van der Waals surface area contributed by atoms with E-state index in [0.29, 0.717) is 23.7 Å². The first kappa shape index (κ1) is 26.1. The summed E-state index contributed by atoms with van der Waals surface area (Å²) in [6.45, 7) is 8.59. The summed E-state index contributed by atoms with van der Waals surface area (Å²) >= 11 is 6.04. The fourth-order valence-electron chi connectivity index (χ4n) is 4.35. The average Bonchev–Trinajstić information content (AvgIpc) is 3.31. The van der Waals surface area contributed by atoms with Crippen LogP contribution in [-0.4, -0.2) is 35.4 Å². The quantitative estimate of drug-likeness (QED) is 0.483. The van der Waals surface area contributed by atoms with Crippen molar-refractivity contribution >= 4 is 23.4 Å². The molecule has 1 N–H and O–H groups in total. The van der Waals surface area contributed by atoms with E-state index in [4.69, 9.17) is 16.3 Å². The van der Waals surface area contributed by atoms with Gasteiger partial charge in [-0.3, -0.25) is 9.59 Å². The molecule has 2 aromatic carbocycles. The van der Waals surface area contributed by atoms with Crippen LogP contribution in [0.25, 0.3) is 0 Å². The normalized spacial score (nSPS) is 15.1. The van der Waals surface area contributed by atoms with Crippen molar-refractivity contribution in [1.29, 1.82) is 0 Å². The number of nitrogens with one attached hydrogen (secondary N) is 1. The first-order valence-electron chi connectivity index (χ1n) is 12.2. The van der Waals surface area contributed by atoms with E-state index in [2.05, 4.69) is 26.1 Å². The maximum atomic E-state index is 13.4. The molecule has 2 aromatic rings. The highest BCUT2D eigenvalue weighted by molar-refractivity contribution is 6.30. The molecule has 34 heavy (non-hydrogen) atoms. The summed E-state index contributed by atoms with van der Waals surface area (Å²) in [5.74, 6) is 0.325. The minimum absolute atomic E-state index is 0.0464. The Kier molecular flexibility index (Phi) is 9.01. The number of halogens is 1. The van der Waals surface area contributed by atoms with Crippen molar-refractivity contribution in [1.82, 2.24) is 10.2 Å². The minimum atomic E-state index is -0.560. The fourth-order valence-corrected chi connectivity index (χ4v) is 4.48. The summed E-state index contributed by atoms with van der Waals surface area (Å²) in [4.78, 5) is 28.1. The van der Waals surface area contributed by atoms with Crippen LogP contribution in [0.15, 0.2) is 48.5 Å². The highest BCUT2D eigenvalue weighted by Gasteiger charge is 2.31. The highest BCUT2D eigenvalue weighted by atomic mass is 35.5. The molecule has 0 heterocycles. The first-order valence-corrected chi connectivity index (χ1v) is 12.6. The van der Waals surface area contributed by atoms with Gasteiger partial charge in [0.05, 0.1) is 0 Å². The van der Waals surface area contributed by atoms with Gasteiger partial charge in [0.1, 0.15) is 11.8 Å². The molecule has 0 saturated heterocycles. The second-order valence-corrected chi connectivity index (χ2v) is 10.6. The number of carbonyl (C=O) groups is 2. The van der Waals surface area contributed by atoms with Crippen molar-refractivity contribution in [3.8, 4) is 5.75 Å². The molecule has 0 radical (unpaired) electrons. The van der Waals surface area contributed by atoms with Crippen LogP contribution < -0.4 is 10.1 Å². The van der Waals surface area contributed by atoms with Crippen LogP contribution in [0.5, 0.6) is 5.75 Å². The number of rotatable bonds is 9. The lowest BCUT2D eigenvalue weighted by Crippen LogP contribution is -2.52. The Bertz CT molecular complexity index is 945. The van der Waals surface area contributed by atoms with Gasteiger partial charge in [0, 0.05) is 17.6 Å². The third kappa shape index (κ3) is 7.23. The zero-order valence-corrected chi connectivity index (χ0v) is 21.5. The van der Waals surface area contributed by atoms with Crippen LogP contribution in [0.4, 0.5) is 0 Å². The van der Waals surface area contributed by atoms with Crippen LogP contribution in [0.2, 0.25) is 5.02 Å². The number of hydrogen-bond donors (Lipinski definition) is 1. The number of hydrogen-bond acceptors (Lipinski definition) is 3. The molecular weight excluding hydrogens is 448 g/mol. The number of nitrogens with zero attached hydrogens (tertiary/aromatic N) is 1. The lowest BCUT2D eigenvalue weighted by molar-refractivity contribution is -0.143. The first-order chi connectivity index (χ1) is 16.2. The van der Waals surface area contributed by atoms with Gasteiger partial charge in [0.15, 0.2) is 6.61 Å². The largest absolute Gasteiger partial charge is 0.484 e. The van der Waals surface area contributed by atoms with E-state index in [1.807, 2.05) is 43.3 Å². The molecule has 3 rings (SSSR count).